The molecule has 0 atom stereocenters. The van der Waals surface area contributed by atoms with Gasteiger partial charge in [0, 0.05) is 0 Å². The Morgan fingerprint density at radius 1 is 0.839 bits per heavy atom. The predicted octanol–water partition coefficient (Wildman–Crippen LogP) is 8.83. The van der Waals surface area contributed by atoms with Gasteiger partial charge >= 0.3 is 25.8 Å². The molecule has 31 heavy (non-hydrogen) atoms. The Morgan fingerprint density at radius 3 is 1.68 bits per heavy atom. The minimum Gasteiger partial charge on any atom is -0.358 e. The summed E-state index contributed by atoms with van der Waals surface area (Å²) in [5.41, 5.74) is 12.7. The van der Waals surface area contributed by atoms with Crippen molar-refractivity contribution < 1.29 is 25.8 Å². The number of hydrogen-bond acceptors (Lipinski definition) is 0. The average Bonchev–Trinajstić information content (AvgIpc) is 3.18. The van der Waals surface area contributed by atoms with E-state index in [1.165, 1.54) is 57.0 Å². The van der Waals surface area contributed by atoms with E-state index in [1.807, 2.05) is 0 Å². The van der Waals surface area contributed by atoms with E-state index in [0.29, 0.717) is 5.41 Å². The van der Waals surface area contributed by atoms with Crippen LogP contribution >= 0.6 is 0 Å². The Kier molecular flexibility index (Phi) is 10.0. The summed E-state index contributed by atoms with van der Waals surface area (Å²) in [6.45, 7) is 22.7. The Morgan fingerprint density at radius 2 is 1.29 bits per heavy atom. The van der Waals surface area contributed by atoms with Crippen molar-refractivity contribution in [3.8, 4) is 0 Å². The second-order valence-electron chi connectivity index (χ2n) is 10.8. The predicted molar refractivity (Wildman–Crippen MR) is 138 cm³/mol. The van der Waals surface area contributed by atoms with E-state index in [1.54, 1.807) is 11.1 Å². The maximum atomic E-state index is 2.46. The molecular weight excluding hydrogens is 539 g/mol. The number of rotatable bonds is 0. The first kappa shape index (κ1) is 30.1. The normalized spacial score (nSPS) is 14.0. The summed E-state index contributed by atoms with van der Waals surface area (Å²) in [6, 6.07) is 9.49. The van der Waals surface area contributed by atoms with E-state index in [4.69, 9.17) is 0 Å². The molecule has 0 spiro atoms. The zero-order valence-corrected chi connectivity index (χ0v) is 25.8. The quantitative estimate of drug-likeness (QED) is 0.183. The van der Waals surface area contributed by atoms with E-state index in [-0.39, 0.29) is 46.1 Å². The van der Waals surface area contributed by atoms with Gasteiger partial charge in [0.1, 0.15) is 0 Å². The maximum Gasteiger partial charge on any atom is 4.00 e. The first-order valence-electron chi connectivity index (χ1n) is 10.7. The van der Waals surface area contributed by atoms with Gasteiger partial charge in [0.25, 0.3) is 0 Å². The van der Waals surface area contributed by atoms with E-state index in [2.05, 4.69) is 93.5 Å². The Labute approximate surface area is 212 Å². The van der Waals surface area contributed by atoms with Crippen LogP contribution in [0.25, 0.3) is 10.8 Å². The second-order valence-corrected chi connectivity index (χ2v) is 10.8. The monoisotopic (exact) mass is 584 g/mol. The molecule has 0 N–H and O–H groups in total. The van der Waals surface area contributed by atoms with Crippen molar-refractivity contribution in [3.63, 3.8) is 0 Å². The van der Waals surface area contributed by atoms with Crippen LogP contribution in [0, 0.1) is 54.9 Å². The molecule has 1 heteroatoms. The van der Waals surface area contributed by atoms with E-state index < -0.39 is 0 Å². The van der Waals surface area contributed by atoms with Crippen LogP contribution in [0.15, 0.2) is 24.3 Å². The summed E-state index contributed by atoms with van der Waals surface area (Å²) in [5, 5.41) is 2.90. The van der Waals surface area contributed by atoms with Crippen LogP contribution in [-0.2, 0) is 44.1 Å². The molecule has 4 rings (SSSR count). The minimum atomic E-state index is 0. The molecule has 0 saturated heterocycles. The third-order valence-corrected chi connectivity index (χ3v) is 7.05. The van der Waals surface area contributed by atoms with Gasteiger partial charge in [0.15, 0.2) is 0 Å². The van der Waals surface area contributed by atoms with Crippen molar-refractivity contribution >= 4 is 10.8 Å². The molecule has 0 nitrogen and oxygen atoms in total. The fourth-order valence-corrected chi connectivity index (χ4v) is 4.83. The SMILES string of the molecule is CC1(C)Cc2cc3cc[c-](C(C)(C)C)c3cc2C1.Cc1c(C)c(C)[c-](C)c1C.[CH3-].[CH3-].[Hf+4]. The zero-order chi connectivity index (χ0) is 21.0. The van der Waals surface area contributed by atoms with Gasteiger partial charge in [-0.3, -0.25) is 0 Å². The molecule has 3 aromatic carbocycles. The van der Waals surface area contributed by atoms with Crippen molar-refractivity contribution in [2.24, 2.45) is 5.41 Å². The standard InChI is InChI=1S/C18H23.C10H15.2CH3.Hf/c1-17(2,3)16-7-6-12-8-13-10-18(4,5)11-14(13)9-15(12)16;1-6-7(2)9(4)10(5)8(6)3;;;/h6-9H,10-11H2,1-5H3;1-5H3;2*1H3;/q4*-1;+4. The third kappa shape index (κ3) is 5.89. The molecule has 0 radical (unpaired) electrons. The first-order chi connectivity index (χ1) is 12.8. The van der Waals surface area contributed by atoms with Crippen LogP contribution in [0.4, 0.5) is 0 Å². The van der Waals surface area contributed by atoms with Crippen molar-refractivity contribution in [2.45, 2.75) is 87.5 Å². The van der Waals surface area contributed by atoms with E-state index in [9.17, 15) is 0 Å². The van der Waals surface area contributed by atoms with Gasteiger partial charge in [-0.15, -0.1) is 34.5 Å². The molecule has 0 fully saturated rings. The van der Waals surface area contributed by atoms with Gasteiger partial charge in [-0.25, -0.2) is 0 Å². The summed E-state index contributed by atoms with van der Waals surface area (Å²) in [4.78, 5) is 0. The third-order valence-electron chi connectivity index (χ3n) is 7.05. The van der Waals surface area contributed by atoms with Crippen molar-refractivity contribution in [3.05, 3.63) is 83.6 Å². The number of benzene rings is 1. The summed E-state index contributed by atoms with van der Waals surface area (Å²) >= 11 is 0. The summed E-state index contributed by atoms with van der Waals surface area (Å²) < 4.78 is 0. The van der Waals surface area contributed by atoms with Gasteiger partial charge < -0.3 is 14.9 Å². The fourth-order valence-electron chi connectivity index (χ4n) is 4.83. The fraction of sp³-hybridized carbons (Fsp3) is 0.467. The van der Waals surface area contributed by atoms with Crippen molar-refractivity contribution in [2.75, 3.05) is 0 Å². The van der Waals surface area contributed by atoms with Crippen LogP contribution in [0.5, 0.6) is 0 Å². The van der Waals surface area contributed by atoms with Gasteiger partial charge in [-0.05, 0) is 23.7 Å². The molecule has 0 saturated carbocycles. The molecule has 0 amide bonds. The van der Waals surface area contributed by atoms with Crippen LogP contribution in [-0.4, -0.2) is 0 Å². The first-order valence-corrected chi connectivity index (χ1v) is 10.7. The summed E-state index contributed by atoms with van der Waals surface area (Å²) in [6.07, 6.45) is 2.46. The maximum absolute atomic E-state index is 2.46. The van der Waals surface area contributed by atoms with Gasteiger partial charge in [-0.1, -0.05) is 80.4 Å². The molecule has 168 valence electrons. The molecule has 1 aliphatic rings. The molecule has 3 aromatic rings. The van der Waals surface area contributed by atoms with Crippen LogP contribution in [0.1, 0.15) is 79.1 Å². The van der Waals surface area contributed by atoms with Gasteiger partial charge in [-0.2, -0.15) is 33.9 Å². The van der Waals surface area contributed by atoms with Crippen LogP contribution in [0.2, 0.25) is 0 Å². The minimum absolute atomic E-state index is 0. The molecule has 0 bridgehead atoms. The summed E-state index contributed by atoms with van der Waals surface area (Å²) in [7, 11) is 0. The average molecular weight is 583 g/mol. The number of hydrogen-bond donors (Lipinski definition) is 0. The Hall–Kier alpha value is -0.950. The zero-order valence-electron chi connectivity index (χ0n) is 22.2. The topological polar surface area (TPSA) is 0 Å². The summed E-state index contributed by atoms with van der Waals surface area (Å²) in [5.74, 6) is 0. The number of fused-ring (bicyclic) bond motifs is 2. The van der Waals surface area contributed by atoms with Crippen LogP contribution in [0.3, 0.4) is 0 Å². The molecular formula is C30H44Hf. The molecule has 0 aliphatic heterocycles. The Bertz CT molecular complexity index is 935. The van der Waals surface area contributed by atoms with E-state index in [0.717, 1.165) is 0 Å². The van der Waals surface area contributed by atoms with Gasteiger partial charge in [0.2, 0.25) is 0 Å². The molecule has 1 aliphatic carbocycles. The van der Waals surface area contributed by atoms with E-state index >= 15 is 0 Å². The Balaban J connectivity index is 0.000000604. The molecule has 0 aromatic heterocycles. The smallest absolute Gasteiger partial charge is 0.358 e. The van der Waals surface area contributed by atoms with Crippen molar-refractivity contribution in [1.82, 2.24) is 0 Å². The molecule has 0 heterocycles. The van der Waals surface area contributed by atoms with Crippen LogP contribution < -0.4 is 0 Å². The molecule has 0 unspecified atom stereocenters. The largest absolute Gasteiger partial charge is 4.00 e. The second kappa shape index (κ2) is 10.3. The van der Waals surface area contributed by atoms with Crippen molar-refractivity contribution in [1.29, 1.82) is 0 Å². The van der Waals surface area contributed by atoms with Gasteiger partial charge in [0.05, 0.1) is 0 Å².